The van der Waals surface area contributed by atoms with Gasteiger partial charge in [-0.15, -0.1) is 0 Å². The summed E-state index contributed by atoms with van der Waals surface area (Å²) in [4.78, 5) is 39.1. The van der Waals surface area contributed by atoms with Crippen LogP contribution in [-0.2, 0) is 4.79 Å². The van der Waals surface area contributed by atoms with Crippen molar-refractivity contribution >= 4 is 17.7 Å². The average Bonchev–Trinajstić information content (AvgIpc) is 2.95. The molecule has 0 bridgehead atoms. The molecule has 0 radical (unpaired) electrons. The summed E-state index contributed by atoms with van der Waals surface area (Å²) in [6.07, 6.45) is 3.12. The molecular weight excluding hydrogens is 352 g/mol. The number of hydrogen-bond donors (Lipinski definition) is 1. The first-order valence-corrected chi connectivity index (χ1v) is 9.81. The molecule has 0 aromatic heterocycles. The summed E-state index contributed by atoms with van der Waals surface area (Å²) < 4.78 is 0. The van der Waals surface area contributed by atoms with Crippen molar-refractivity contribution in [1.82, 2.24) is 10.2 Å². The highest BCUT2D eigenvalue weighted by atomic mass is 16.2. The van der Waals surface area contributed by atoms with Gasteiger partial charge in [-0.2, -0.15) is 0 Å². The van der Waals surface area contributed by atoms with Crippen molar-refractivity contribution in [2.75, 3.05) is 6.54 Å². The van der Waals surface area contributed by atoms with Crippen LogP contribution >= 0.6 is 0 Å². The maximum atomic E-state index is 12.9. The van der Waals surface area contributed by atoms with Gasteiger partial charge in [-0.3, -0.25) is 14.5 Å². The van der Waals surface area contributed by atoms with Gasteiger partial charge in [0.05, 0.1) is 6.54 Å². The number of Topliss-reactive ketones (excluding diaryl/α,β-unsaturated/α-hetero) is 1. The molecule has 28 heavy (non-hydrogen) atoms. The Hall–Kier alpha value is -2.95. The van der Waals surface area contributed by atoms with E-state index in [9.17, 15) is 14.4 Å². The Morgan fingerprint density at radius 2 is 1.61 bits per heavy atom. The van der Waals surface area contributed by atoms with Crippen LogP contribution in [0.3, 0.4) is 0 Å². The van der Waals surface area contributed by atoms with Crippen molar-refractivity contribution in [2.24, 2.45) is 5.92 Å². The molecule has 1 aliphatic carbocycles. The zero-order valence-electron chi connectivity index (χ0n) is 16.0. The van der Waals surface area contributed by atoms with Crippen molar-refractivity contribution in [3.8, 4) is 11.1 Å². The van der Waals surface area contributed by atoms with Crippen LogP contribution in [0.4, 0.5) is 4.79 Å². The predicted octanol–water partition coefficient (Wildman–Crippen LogP) is 4.04. The fourth-order valence-electron chi connectivity index (χ4n) is 4.13. The van der Waals surface area contributed by atoms with Crippen molar-refractivity contribution in [3.63, 3.8) is 0 Å². The standard InChI is InChI=1S/C23H24N2O3/c1-16-11-13-23(14-12-16)21(27)25(22(28)24-23)15-20(26)19-9-7-18(8-10-19)17-5-3-2-4-6-17/h2-10,16H,11-15H2,1H3,(H,24,28). The minimum Gasteiger partial charge on any atom is -0.323 e. The second-order valence-corrected chi connectivity index (χ2v) is 7.95. The topological polar surface area (TPSA) is 66.5 Å². The largest absolute Gasteiger partial charge is 0.325 e. The Labute approximate surface area is 164 Å². The molecular formula is C23H24N2O3. The Kier molecular flexibility index (Phi) is 4.75. The van der Waals surface area contributed by atoms with Gasteiger partial charge >= 0.3 is 6.03 Å². The summed E-state index contributed by atoms with van der Waals surface area (Å²) in [7, 11) is 0. The highest BCUT2D eigenvalue weighted by Gasteiger charge is 2.52. The third-order valence-electron chi connectivity index (χ3n) is 5.99. The highest BCUT2D eigenvalue weighted by Crippen LogP contribution is 2.36. The second kappa shape index (κ2) is 7.23. The molecule has 4 rings (SSSR count). The van der Waals surface area contributed by atoms with Crippen LogP contribution in [0, 0.1) is 5.92 Å². The normalized spacial score (nSPS) is 24.5. The molecule has 1 N–H and O–H groups in total. The van der Waals surface area contributed by atoms with Gasteiger partial charge in [-0.05, 0) is 42.7 Å². The van der Waals surface area contributed by atoms with Crippen LogP contribution in [0.15, 0.2) is 54.6 Å². The molecule has 2 aromatic rings. The number of carbonyl (C=O) groups excluding carboxylic acids is 3. The van der Waals surface area contributed by atoms with Crippen molar-refractivity contribution in [1.29, 1.82) is 0 Å². The Morgan fingerprint density at radius 1 is 1.00 bits per heavy atom. The number of rotatable bonds is 4. The summed E-state index contributed by atoms with van der Waals surface area (Å²) in [6.45, 7) is 1.95. The molecule has 5 nitrogen and oxygen atoms in total. The number of hydrogen-bond acceptors (Lipinski definition) is 3. The van der Waals surface area contributed by atoms with Crippen molar-refractivity contribution < 1.29 is 14.4 Å². The third kappa shape index (κ3) is 3.33. The van der Waals surface area contributed by atoms with E-state index in [0.29, 0.717) is 24.3 Å². The van der Waals surface area contributed by atoms with Gasteiger partial charge in [-0.1, -0.05) is 61.5 Å². The molecule has 0 atom stereocenters. The number of ketones is 1. The average molecular weight is 376 g/mol. The van der Waals surface area contributed by atoms with Gasteiger partial charge < -0.3 is 5.32 Å². The molecule has 1 saturated heterocycles. The zero-order chi connectivity index (χ0) is 19.7. The monoisotopic (exact) mass is 376 g/mol. The molecule has 2 fully saturated rings. The molecule has 2 aliphatic rings. The van der Waals surface area contributed by atoms with E-state index in [4.69, 9.17) is 0 Å². The van der Waals surface area contributed by atoms with E-state index in [2.05, 4.69) is 12.2 Å². The summed E-state index contributed by atoms with van der Waals surface area (Å²) in [6, 6.07) is 16.7. The molecule has 3 amide bonds. The molecule has 1 saturated carbocycles. The lowest BCUT2D eigenvalue weighted by Gasteiger charge is -2.33. The smallest absolute Gasteiger partial charge is 0.323 e. The molecule has 1 spiro atoms. The maximum Gasteiger partial charge on any atom is 0.325 e. The van der Waals surface area contributed by atoms with E-state index >= 15 is 0 Å². The van der Waals surface area contributed by atoms with E-state index in [1.165, 1.54) is 0 Å². The van der Waals surface area contributed by atoms with Gasteiger partial charge in [0.2, 0.25) is 0 Å². The lowest BCUT2D eigenvalue weighted by Crippen LogP contribution is -2.49. The number of nitrogens with one attached hydrogen (secondary N) is 1. The summed E-state index contributed by atoms with van der Waals surface area (Å²) in [5.74, 6) is 0.0807. The Morgan fingerprint density at radius 3 is 2.25 bits per heavy atom. The van der Waals surface area contributed by atoms with Gasteiger partial charge in [0, 0.05) is 5.56 Å². The zero-order valence-corrected chi connectivity index (χ0v) is 16.0. The van der Waals surface area contributed by atoms with E-state index in [-0.39, 0.29) is 18.2 Å². The van der Waals surface area contributed by atoms with E-state index in [1.807, 2.05) is 42.5 Å². The first-order valence-electron chi connectivity index (χ1n) is 9.81. The van der Waals surface area contributed by atoms with E-state index < -0.39 is 11.6 Å². The minimum atomic E-state index is -0.805. The fourth-order valence-corrected chi connectivity index (χ4v) is 4.13. The number of nitrogens with zero attached hydrogens (tertiary/aromatic N) is 1. The quantitative estimate of drug-likeness (QED) is 0.647. The highest BCUT2D eigenvalue weighted by molar-refractivity contribution is 6.11. The van der Waals surface area contributed by atoms with Gasteiger partial charge in [0.1, 0.15) is 5.54 Å². The van der Waals surface area contributed by atoms with E-state index in [0.717, 1.165) is 28.9 Å². The molecule has 5 heteroatoms. The predicted molar refractivity (Wildman–Crippen MR) is 107 cm³/mol. The van der Waals surface area contributed by atoms with Crippen LogP contribution in [0.25, 0.3) is 11.1 Å². The lowest BCUT2D eigenvalue weighted by atomic mass is 9.77. The molecule has 2 aromatic carbocycles. The summed E-state index contributed by atoms with van der Waals surface area (Å²) in [5.41, 5.74) is 1.78. The van der Waals surface area contributed by atoms with Crippen LogP contribution in [0.5, 0.6) is 0 Å². The minimum absolute atomic E-state index is 0.216. The van der Waals surface area contributed by atoms with E-state index in [1.54, 1.807) is 12.1 Å². The van der Waals surface area contributed by atoms with Crippen LogP contribution in [0.2, 0.25) is 0 Å². The van der Waals surface area contributed by atoms with Crippen LogP contribution in [-0.4, -0.2) is 34.7 Å². The number of urea groups is 1. The number of amides is 3. The number of benzene rings is 2. The molecule has 144 valence electrons. The van der Waals surface area contributed by atoms with Crippen molar-refractivity contribution in [3.05, 3.63) is 60.2 Å². The fraction of sp³-hybridized carbons (Fsp3) is 0.348. The van der Waals surface area contributed by atoms with Crippen LogP contribution in [0.1, 0.15) is 43.0 Å². The number of imide groups is 1. The SMILES string of the molecule is CC1CCC2(CC1)NC(=O)N(CC(=O)c1ccc(-c3ccccc3)cc1)C2=O. The molecule has 0 unspecified atom stereocenters. The Balaban J connectivity index is 1.46. The van der Waals surface area contributed by atoms with Crippen molar-refractivity contribution in [2.45, 2.75) is 38.1 Å². The first kappa shape index (κ1) is 18.4. The first-order chi connectivity index (χ1) is 13.5. The molecule has 1 aliphatic heterocycles. The third-order valence-corrected chi connectivity index (χ3v) is 5.99. The Bertz CT molecular complexity index is 897. The lowest BCUT2D eigenvalue weighted by molar-refractivity contribution is -0.132. The molecule has 1 heterocycles. The number of carbonyl (C=O) groups is 3. The van der Waals surface area contributed by atoms with Gasteiger partial charge in [0.25, 0.3) is 5.91 Å². The van der Waals surface area contributed by atoms with Gasteiger partial charge in [-0.25, -0.2) is 4.79 Å². The second-order valence-electron chi connectivity index (χ2n) is 7.95. The summed E-state index contributed by atoms with van der Waals surface area (Å²) in [5, 5.41) is 2.86. The van der Waals surface area contributed by atoms with Crippen LogP contribution < -0.4 is 5.32 Å². The van der Waals surface area contributed by atoms with Gasteiger partial charge in [0.15, 0.2) is 5.78 Å². The summed E-state index contributed by atoms with van der Waals surface area (Å²) >= 11 is 0. The maximum absolute atomic E-state index is 12.9.